The second-order valence-electron chi connectivity index (χ2n) is 7.41. The Morgan fingerprint density at radius 1 is 1.32 bits per heavy atom. The van der Waals surface area contributed by atoms with Crippen LogP contribution in [0.15, 0.2) is 29.3 Å². The van der Waals surface area contributed by atoms with Crippen LogP contribution in [-0.2, 0) is 18.4 Å². The molecule has 0 aromatic carbocycles. The smallest absolute Gasteiger partial charge is 0.263 e. The first kappa shape index (κ1) is 19.9. The number of carbonyl (C=O) groups excluding carboxylic acids is 2. The molecule has 150 valence electrons. The molecule has 2 N–H and O–H groups in total. The lowest BCUT2D eigenvalue weighted by Crippen LogP contribution is -2.39. The van der Waals surface area contributed by atoms with Crippen LogP contribution in [0, 0.1) is 6.92 Å². The molecule has 2 amide bonds. The molecule has 0 saturated heterocycles. The van der Waals surface area contributed by atoms with E-state index in [0.717, 1.165) is 36.9 Å². The van der Waals surface area contributed by atoms with E-state index < -0.39 is 5.56 Å². The quantitative estimate of drug-likeness (QED) is 0.786. The lowest BCUT2D eigenvalue weighted by molar-refractivity contribution is -0.122. The van der Waals surface area contributed by atoms with E-state index >= 15 is 0 Å². The second-order valence-corrected chi connectivity index (χ2v) is 7.41. The van der Waals surface area contributed by atoms with Gasteiger partial charge in [0, 0.05) is 30.5 Å². The Bertz CT molecular complexity index is 924. The van der Waals surface area contributed by atoms with Gasteiger partial charge in [-0.2, -0.15) is 5.10 Å². The average Bonchev–Trinajstić information content (AvgIpc) is 3.27. The first-order chi connectivity index (χ1) is 13.4. The maximum atomic E-state index is 12.6. The summed E-state index contributed by atoms with van der Waals surface area (Å²) >= 11 is 0. The number of aromatic nitrogens is 3. The van der Waals surface area contributed by atoms with Gasteiger partial charge in [-0.3, -0.25) is 19.1 Å². The zero-order valence-electron chi connectivity index (χ0n) is 16.6. The van der Waals surface area contributed by atoms with Crippen LogP contribution in [-0.4, -0.2) is 32.2 Å². The summed E-state index contributed by atoms with van der Waals surface area (Å²) in [6.07, 6.45) is 7.33. The van der Waals surface area contributed by atoms with Crippen molar-refractivity contribution in [1.29, 1.82) is 0 Å². The van der Waals surface area contributed by atoms with Gasteiger partial charge < -0.3 is 15.2 Å². The Labute approximate surface area is 163 Å². The number of nitrogens with one attached hydrogen (secondary N) is 2. The molecule has 0 aliphatic heterocycles. The molecule has 1 aliphatic rings. The van der Waals surface area contributed by atoms with Crippen molar-refractivity contribution in [3.05, 3.63) is 51.7 Å². The van der Waals surface area contributed by atoms with E-state index in [4.69, 9.17) is 0 Å². The Morgan fingerprint density at radius 3 is 2.68 bits per heavy atom. The van der Waals surface area contributed by atoms with Gasteiger partial charge in [0.05, 0.1) is 12.2 Å². The van der Waals surface area contributed by atoms with E-state index in [2.05, 4.69) is 15.7 Å². The molecule has 3 rings (SSSR count). The summed E-state index contributed by atoms with van der Waals surface area (Å²) < 4.78 is 3.01. The molecule has 28 heavy (non-hydrogen) atoms. The molecule has 0 unspecified atom stereocenters. The molecule has 2 aromatic heterocycles. The molecule has 0 bridgehead atoms. The summed E-state index contributed by atoms with van der Waals surface area (Å²) in [7, 11) is 1.84. The fourth-order valence-corrected chi connectivity index (χ4v) is 3.63. The van der Waals surface area contributed by atoms with Gasteiger partial charge in [-0.15, -0.1) is 0 Å². The van der Waals surface area contributed by atoms with E-state index in [1.54, 1.807) is 16.9 Å². The number of carbonyl (C=O) groups is 2. The van der Waals surface area contributed by atoms with E-state index in [-0.39, 0.29) is 36.0 Å². The number of hydrogen-bond acceptors (Lipinski definition) is 4. The number of hydrogen-bond donors (Lipinski definition) is 2. The van der Waals surface area contributed by atoms with Gasteiger partial charge in [-0.1, -0.05) is 12.8 Å². The van der Waals surface area contributed by atoms with Crippen molar-refractivity contribution < 1.29 is 9.59 Å². The summed E-state index contributed by atoms with van der Waals surface area (Å²) in [4.78, 5) is 37.5. The van der Waals surface area contributed by atoms with Crippen LogP contribution >= 0.6 is 0 Å². The second kappa shape index (κ2) is 8.41. The summed E-state index contributed by atoms with van der Waals surface area (Å²) in [5, 5.41) is 9.98. The van der Waals surface area contributed by atoms with Crippen LogP contribution in [0.1, 0.15) is 60.3 Å². The van der Waals surface area contributed by atoms with Crippen molar-refractivity contribution in [2.24, 2.45) is 7.05 Å². The molecule has 1 saturated carbocycles. The molecular formula is C20H27N5O3. The fourth-order valence-electron chi connectivity index (χ4n) is 3.63. The molecule has 1 atom stereocenters. The molecular weight excluding hydrogens is 358 g/mol. The third-order valence-corrected chi connectivity index (χ3v) is 5.39. The van der Waals surface area contributed by atoms with Crippen LogP contribution in [0.3, 0.4) is 0 Å². The predicted octanol–water partition coefficient (Wildman–Crippen LogP) is 1.44. The first-order valence-corrected chi connectivity index (χ1v) is 9.65. The minimum absolute atomic E-state index is 0.0679. The van der Waals surface area contributed by atoms with E-state index in [1.807, 2.05) is 20.9 Å². The summed E-state index contributed by atoms with van der Waals surface area (Å²) in [6, 6.07) is 3.02. The van der Waals surface area contributed by atoms with Gasteiger partial charge in [-0.25, -0.2) is 0 Å². The topological polar surface area (TPSA) is 98.0 Å². The van der Waals surface area contributed by atoms with Crippen LogP contribution in [0.2, 0.25) is 0 Å². The van der Waals surface area contributed by atoms with E-state index in [0.29, 0.717) is 0 Å². The van der Waals surface area contributed by atoms with Gasteiger partial charge in [-0.05, 0) is 38.8 Å². The van der Waals surface area contributed by atoms with Gasteiger partial charge in [0.25, 0.3) is 11.5 Å². The predicted molar refractivity (Wildman–Crippen MR) is 105 cm³/mol. The lowest BCUT2D eigenvalue weighted by Gasteiger charge is -2.15. The molecule has 1 fully saturated rings. The zero-order valence-corrected chi connectivity index (χ0v) is 16.6. The normalized spacial score (nSPS) is 15.4. The maximum Gasteiger partial charge on any atom is 0.263 e. The first-order valence-electron chi connectivity index (χ1n) is 9.65. The highest BCUT2D eigenvalue weighted by molar-refractivity contribution is 5.94. The highest BCUT2D eigenvalue weighted by Crippen LogP contribution is 2.18. The molecule has 2 heterocycles. The SMILES string of the molecule is Cc1c([C@H](C)NC(=O)Cn2cccc(C(=O)NC3CCCC3)c2=O)cnn1C. The van der Waals surface area contributed by atoms with Crippen molar-refractivity contribution in [3.63, 3.8) is 0 Å². The number of aryl methyl sites for hydroxylation is 1. The Morgan fingerprint density at radius 2 is 2.04 bits per heavy atom. The van der Waals surface area contributed by atoms with Gasteiger partial charge in [0.1, 0.15) is 12.1 Å². The van der Waals surface area contributed by atoms with E-state index in [1.165, 1.54) is 16.8 Å². The number of pyridine rings is 1. The minimum atomic E-state index is -0.460. The largest absolute Gasteiger partial charge is 0.349 e. The highest BCUT2D eigenvalue weighted by Gasteiger charge is 2.21. The lowest BCUT2D eigenvalue weighted by atomic mass is 10.1. The minimum Gasteiger partial charge on any atom is -0.349 e. The standard InChI is InChI=1S/C20H27N5O3/c1-13(17-11-21-24(3)14(17)2)22-18(26)12-25-10-6-9-16(20(25)28)19(27)23-15-7-4-5-8-15/h6,9-11,13,15H,4-5,7-8,12H2,1-3H3,(H,22,26)(H,23,27)/t13-/m0/s1. The average molecular weight is 385 g/mol. The van der Waals surface area contributed by atoms with Crippen LogP contribution in [0.4, 0.5) is 0 Å². The number of amides is 2. The van der Waals surface area contributed by atoms with Gasteiger partial charge in [0.2, 0.25) is 5.91 Å². The highest BCUT2D eigenvalue weighted by atomic mass is 16.2. The number of rotatable bonds is 6. The van der Waals surface area contributed by atoms with Crippen LogP contribution < -0.4 is 16.2 Å². The number of nitrogens with zero attached hydrogens (tertiary/aromatic N) is 3. The van der Waals surface area contributed by atoms with Crippen molar-refractivity contribution in [1.82, 2.24) is 25.0 Å². The molecule has 2 aromatic rings. The fraction of sp³-hybridized carbons (Fsp3) is 0.500. The molecule has 0 radical (unpaired) electrons. The Balaban J connectivity index is 1.66. The zero-order chi connectivity index (χ0) is 20.3. The Hall–Kier alpha value is -2.90. The summed E-state index contributed by atoms with van der Waals surface area (Å²) in [5.74, 6) is -0.669. The van der Waals surface area contributed by atoms with E-state index in [9.17, 15) is 14.4 Å². The molecule has 8 heteroatoms. The van der Waals surface area contributed by atoms with Crippen LogP contribution in [0.5, 0.6) is 0 Å². The molecule has 0 spiro atoms. The monoisotopic (exact) mass is 385 g/mol. The van der Waals surface area contributed by atoms with Gasteiger partial charge >= 0.3 is 0 Å². The maximum absolute atomic E-state index is 12.6. The van der Waals surface area contributed by atoms with Crippen molar-refractivity contribution in [3.8, 4) is 0 Å². The van der Waals surface area contributed by atoms with Crippen molar-refractivity contribution >= 4 is 11.8 Å². The third-order valence-electron chi connectivity index (χ3n) is 5.39. The van der Waals surface area contributed by atoms with Gasteiger partial charge in [0.15, 0.2) is 0 Å². The van der Waals surface area contributed by atoms with Crippen molar-refractivity contribution in [2.75, 3.05) is 0 Å². The third kappa shape index (κ3) is 4.32. The molecule has 1 aliphatic carbocycles. The van der Waals surface area contributed by atoms with Crippen LogP contribution in [0.25, 0.3) is 0 Å². The Kier molecular flexibility index (Phi) is 5.96. The van der Waals surface area contributed by atoms with Crippen molar-refractivity contribution in [2.45, 2.75) is 58.2 Å². The summed E-state index contributed by atoms with van der Waals surface area (Å²) in [5.41, 5.74) is 1.50. The molecule has 8 nitrogen and oxygen atoms in total. The summed E-state index contributed by atoms with van der Waals surface area (Å²) in [6.45, 7) is 3.66.